The molecule has 0 fully saturated rings. The SMILES string of the molecule is Fc1ccc(-c2nc3cnccn3c2NCc2ccco2)cc1. The van der Waals surface area contributed by atoms with Crippen LogP contribution in [0.15, 0.2) is 65.7 Å². The molecule has 0 spiro atoms. The zero-order valence-corrected chi connectivity index (χ0v) is 12.1. The standard InChI is InChI=1S/C17H13FN4O/c18-13-5-3-12(4-6-13)16-17(20-10-14-2-1-9-23-14)22-8-7-19-11-15(22)21-16/h1-9,11,20H,10H2. The van der Waals surface area contributed by atoms with Crippen LogP contribution in [0.4, 0.5) is 10.2 Å². The molecular weight excluding hydrogens is 295 g/mol. The summed E-state index contributed by atoms with van der Waals surface area (Å²) in [4.78, 5) is 8.69. The third kappa shape index (κ3) is 2.55. The van der Waals surface area contributed by atoms with Gasteiger partial charge in [0, 0.05) is 18.0 Å². The Morgan fingerprint density at radius 3 is 2.83 bits per heavy atom. The Morgan fingerprint density at radius 2 is 2.04 bits per heavy atom. The third-order valence-corrected chi connectivity index (χ3v) is 3.56. The Kier molecular flexibility index (Phi) is 3.27. The summed E-state index contributed by atoms with van der Waals surface area (Å²) >= 11 is 0. The largest absolute Gasteiger partial charge is 0.467 e. The second-order valence-electron chi connectivity index (χ2n) is 5.05. The quantitative estimate of drug-likeness (QED) is 0.624. The van der Waals surface area contributed by atoms with Crippen molar-refractivity contribution in [1.29, 1.82) is 0 Å². The average Bonchev–Trinajstić information content (AvgIpc) is 3.21. The molecule has 1 aromatic carbocycles. The number of fused-ring (bicyclic) bond motifs is 1. The predicted molar refractivity (Wildman–Crippen MR) is 84.4 cm³/mol. The minimum Gasteiger partial charge on any atom is -0.467 e. The highest BCUT2D eigenvalue weighted by molar-refractivity contribution is 5.76. The first kappa shape index (κ1) is 13.5. The molecule has 0 aliphatic rings. The number of hydrogen-bond donors (Lipinski definition) is 1. The van der Waals surface area contributed by atoms with E-state index in [4.69, 9.17) is 4.42 Å². The molecule has 0 bridgehead atoms. The van der Waals surface area contributed by atoms with Crippen LogP contribution in [0.5, 0.6) is 0 Å². The molecule has 0 radical (unpaired) electrons. The monoisotopic (exact) mass is 308 g/mol. The molecule has 0 saturated heterocycles. The fraction of sp³-hybridized carbons (Fsp3) is 0.0588. The van der Waals surface area contributed by atoms with Gasteiger partial charge in [-0.05, 0) is 36.4 Å². The lowest BCUT2D eigenvalue weighted by Crippen LogP contribution is -2.02. The fourth-order valence-corrected chi connectivity index (χ4v) is 2.47. The summed E-state index contributed by atoms with van der Waals surface area (Å²) in [5.74, 6) is 1.36. The maximum atomic E-state index is 13.2. The van der Waals surface area contributed by atoms with Crippen molar-refractivity contribution in [2.45, 2.75) is 6.54 Å². The molecular formula is C17H13FN4O. The molecule has 0 saturated carbocycles. The van der Waals surface area contributed by atoms with E-state index in [1.54, 1.807) is 30.8 Å². The normalized spacial score (nSPS) is 11.0. The molecule has 3 heterocycles. The first-order valence-electron chi connectivity index (χ1n) is 7.15. The van der Waals surface area contributed by atoms with Gasteiger partial charge in [0.2, 0.25) is 0 Å². The summed E-state index contributed by atoms with van der Waals surface area (Å²) in [6, 6.07) is 10.0. The number of hydrogen-bond acceptors (Lipinski definition) is 4. The van der Waals surface area contributed by atoms with Crippen LogP contribution in [-0.2, 0) is 6.54 Å². The van der Waals surface area contributed by atoms with Crippen LogP contribution >= 0.6 is 0 Å². The van der Waals surface area contributed by atoms with E-state index in [0.717, 1.165) is 22.8 Å². The Hall–Kier alpha value is -3.15. The molecule has 6 heteroatoms. The van der Waals surface area contributed by atoms with Gasteiger partial charge >= 0.3 is 0 Å². The van der Waals surface area contributed by atoms with Gasteiger partial charge in [-0.25, -0.2) is 9.37 Å². The van der Waals surface area contributed by atoms with Gasteiger partial charge in [0.25, 0.3) is 0 Å². The third-order valence-electron chi connectivity index (χ3n) is 3.56. The molecule has 0 unspecified atom stereocenters. The fourth-order valence-electron chi connectivity index (χ4n) is 2.47. The minimum absolute atomic E-state index is 0.274. The minimum atomic E-state index is -0.274. The van der Waals surface area contributed by atoms with Gasteiger partial charge in [0.05, 0.1) is 19.0 Å². The van der Waals surface area contributed by atoms with Crippen LogP contribution in [0.3, 0.4) is 0 Å². The van der Waals surface area contributed by atoms with Crippen LogP contribution in [0, 0.1) is 5.82 Å². The molecule has 5 nitrogen and oxygen atoms in total. The molecule has 1 N–H and O–H groups in total. The maximum Gasteiger partial charge on any atom is 0.157 e. The van der Waals surface area contributed by atoms with Crippen LogP contribution in [0.2, 0.25) is 0 Å². The van der Waals surface area contributed by atoms with Crippen molar-refractivity contribution in [2.24, 2.45) is 0 Å². The number of anilines is 1. The van der Waals surface area contributed by atoms with E-state index in [9.17, 15) is 4.39 Å². The lowest BCUT2D eigenvalue weighted by Gasteiger charge is -2.07. The molecule has 0 amide bonds. The van der Waals surface area contributed by atoms with Crippen molar-refractivity contribution in [2.75, 3.05) is 5.32 Å². The van der Waals surface area contributed by atoms with Crippen molar-refractivity contribution < 1.29 is 8.81 Å². The summed E-state index contributed by atoms with van der Waals surface area (Å²) in [5.41, 5.74) is 2.29. The molecule has 0 aliphatic carbocycles. The molecule has 0 aliphatic heterocycles. The van der Waals surface area contributed by atoms with Crippen LogP contribution in [0.1, 0.15) is 5.76 Å². The number of rotatable bonds is 4. The molecule has 23 heavy (non-hydrogen) atoms. The van der Waals surface area contributed by atoms with Gasteiger partial charge in [-0.3, -0.25) is 9.38 Å². The first-order chi connectivity index (χ1) is 11.3. The van der Waals surface area contributed by atoms with E-state index in [0.29, 0.717) is 12.2 Å². The van der Waals surface area contributed by atoms with Gasteiger partial charge in [-0.15, -0.1) is 0 Å². The number of halogens is 1. The van der Waals surface area contributed by atoms with Gasteiger partial charge in [-0.1, -0.05) is 0 Å². The zero-order valence-electron chi connectivity index (χ0n) is 12.1. The van der Waals surface area contributed by atoms with E-state index >= 15 is 0 Å². The van der Waals surface area contributed by atoms with Crippen molar-refractivity contribution in [3.8, 4) is 11.3 Å². The van der Waals surface area contributed by atoms with Crippen molar-refractivity contribution >= 4 is 11.5 Å². The highest BCUT2D eigenvalue weighted by Gasteiger charge is 2.14. The van der Waals surface area contributed by atoms with Crippen molar-refractivity contribution in [1.82, 2.24) is 14.4 Å². The second kappa shape index (κ2) is 5.57. The van der Waals surface area contributed by atoms with Gasteiger partial charge in [0.15, 0.2) is 5.65 Å². The average molecular weight is 308 g/mol. The lowest BCUT2D eigenvalue weighted by molar-refractivity contribution is 0.518. The first-order valence-corrected chi connectivity index (χ1v) is 7.15. The lowest BCUT2D eigenvalue weighted by atomic mass is 10.1. The smallest absolute Gasteiger partial charge is 0.157 e. The Bertz CT molecular complexity index is 929. The highest BCUT2D eigenvalue weighted by Crippen LogP contribution is 2.29. The zero-order chi connectivity index (χ0) is 15.6. The van der Waals surface area contributed by atoms with E-state index in [1.807, 2.05) is 22.7 Å². The Balaban J connectivity index is 1.79. The highest BCUT2D eigenvalue weighted by atomic mass is 19.1. The summed E-state index contributed by atoms with van der Waals surface area (Å²) in [5, 5.41) is 3.34. The topological polar surface area (TPSA) is 55.4 Å². The predicted octanol–water partition coefficient (Wildman–Crippen LogP) is 3.74. The summed E-state index contributed by atoms with van der Waals surface area (Å²) in [6.07, 6.45) is 6.85. The molecule has 4 aromatic rings. The molecule has 3 aromatic heterocycles. The summed E-state index contributed by atoms with van der Waals surface area (Å²) < 4.78 is 20.4. The van der Waals surface area contributed by atoms with Gasteiger partial charge in [0.1, 0.15) is 23.1 Å². The van der Waals surface area contributed by atoms with Gasteiger partial charge in [-0.2, -0.15) is 0 Å². The van der Waals surface area contributed by atoms with E-state index in [1.165, 1.54) is 12.1 Å². The summed E-state index contributed by atoms with van der Waals surface area (Å²) in [7, 11) is 0. The number of benzene rings is 1. The Morgan fingerprint density at radius 1 is 1.17 bits per heavy atom. The second-order valence-corrected chi connectivity index (χ2v) is 5.05. The number of furan rings is 1. The number of nitrogens with one attached hydrogen (secondary N) is 1. The number of aromatic nitrogens is 3. The number of imidazole rings is 1. The number of nitrogens with zero attached hydrogens (tertiary/aromatic N) is 3. The van der Waals surface area contributed by atoms with E-state index in [2.05, 4.69) is 15.3 Å². The summed E-state index contributed by atoms with van der Waals surface area (Å²) in [6.45, 7) is 0.525. The maximum absolute atomic E-state index is 13.2. The van der Waals surface area contributed by atoms with Gasteiger partial charge < -0.3 is 9.73 Å². The van der Waals surface area contributed by atoms with Crippen LogP contribution in [0.25, 0.3) is 16.9 Å². The Labute approximate surface area is 131 Å². The molecule has 114 valence electrons. The van der Waals surface area contributed by atoms with Crippen molar-refractivity contribution in [3.05, 3.63) is 72.8 Å². The van der Waals surface area contributed by atoms with Crippen LogP contribution in [-0.4, -0.2) is 14.4 Å². The van der Waals surface area contributed by atoms with E-state index in [-0.39, 0.29) is 5.82 Å². The van der Waals surface area contributed by atoms with E-state index < -0.39 is 0 Å². The van der Waals surface area contributed by atoms with Crippen LogP contribution < -0.4 is 5.32 Å². The molecule has 0 atom stereocenters. The molecule has 4 rings (SSSR count). The van der Waals surface area contributed by atoms with Crippen molar-refractivity contribution in [3.63, 3.8) is 0 Å².